The van der Waals surface area contributed by atoms with Crippen molar-refractivity contribution >= 4 is 5.57 Å². The average molecular weight is 274 g/mol. The Hall–Kier alpha value is -2.04. The molecule has 0 N–H and O–H groups in total. The van der Waals surface area contributed by atoms with Crippen molar-refractivity contribution in [2.75, 3.05) is 0 Å². The minimum Gasteiger partial charge on any atom is -0.113 e. The first-order valence-corrected chi connectivity index (χ1v) is 7.94. The highest BCUT2D eigenvalue weighted by atomic mass is 14.1. The Balaban J connectivity index is 2.11. The van der Waals surface area contributed by atoms with Gasteiger partial charge in [0.05, 0.1) is 0 Å². The molecule has 1 fully saturated rings. The van der Waals surface area contributed by atoms with Crippen molar-refractivity contribution in [3.05, 3.63) is 82.6 Å². The maximum atomic E-state index is 3.74. The van der Waals surface area contributed by atoms with E-state index in [1.54, 1.807) is 0 Å². The molecule has 0 spiro atoms. The lowest BCUT2D eigenvalue weighted by Crippen LogP contribution is -1.93. The second-order valence-electron chi connectivity index (χ2n) is 5.90. The van der Waals surface area contributed by atoms with Crippen molar-refractivity contribution in [1.82, 2.24) is 0 Å². The van der Waals surface area contributed by atoms with Gasteiger partial charge in [0, 0.05) is 5.57 Å². The van der Waals surface area contributed by atoms with Crippen molar-refractivity contribution in [3.8, 4) is 0 Å². The summed E-state index contributed by atoms with van der Waals surface area (Å²) in [5.41, 5.74) is 10.3. The van der Waals surface area contributed by atoms with Crippen molar-refractivity contribution in [3.63, 3.8) is 0 Å². The molecule has 1 aliphatic rings. The van der Waals surface area contributed by atoms with Crippen LogP contribution in [0.15, 0.2) is 65.9 Å². The lowest BCUT2D eigenvalue weighted by molar-refractivity contribution is 0.600. The summed E-state index contributed by atoms with van der Waals surface area (Å²) in [6, 6.07) is 19.5. The zero-order valence-corrected chi connectivity index (χ0v) is 12.7. The highest BCUT2D eigenvalue weighted by Gasteiger charge is 2.08. The van der Waals surface area contributed by atoms with Gasteiger partial charge in [0.2, 0.25) is 0 Å². The first kappa shape index (κ1) is 13.9. The summed E-state index contributed by atoms with van der Waals surface area (Å²) in [5, 5.41) is 0. The number of allylic oxidation sites excluding steroid dienone is 1. The molecule has 1 aliphatic carbocycles. The molecule has 0 atom stereocenters. The highest BCUT2D eigenvalue weighted by molar-refractivity contribution is 5.79. The van der Waals surface area contributed by atoms with Crippen LogP contribution in [0, 0.1) is 6.92 Å². The van der Waals surface area contributed by atoms with Crippen LogP contribution < -0.4 is 0 Å². The first-order valence-electron chi connectivity index (χ1n) is 7.94. The van der Waals surface area contributed by atoms with Crippen LogP contribution in [0.5, 0.6) is 0 Å². The topological polar surface area (TPSA) is 0 Å². The summed E-state index contributed by atoms with van der Waals surface area (Å²) < 4.78 is 0. The van der Waals surface area contributed by atoms with Gasteiger partial charge in [-0.25, -0.2) is 0 Å². The van der Waals surface area contributed by atoms with Gasteiger partial charge in [-0.3, -0.25) is 0 Å². The molecule has 0 heteroatoms. The number of hydrogen-bond donors (Lipinski definition) is 0. The summed E-state index contributed by atoms with van der Waals surface area (Å²) in [6.45, 7) is 2.13. The van der Waals surface area contributed by atoms with Crippen molar-refractivity contribution in [2.45, 2.75) is 39.0 Å². The van der Waals surface area contributed by atoms with Gasteiger partial charge in [-0.15, -0.1) is 5.73 Å². The second-order valence-corrected chi connectivity index (χ2v) is 5.90. The van der Waals surface area contributed by atoms with Gasteiger partial charge < -0.3 is 0 Å². The predicted octanol–water partition coefficient (Wildman–Crippen LogP) is 5.92. The molecule has 0 aliphatic heterocycles. The lowest BCUT2D eigenvalue weighted by Gasteiger charge is -2.13. The molecule has 3 rings (SSSR count). The van der Waals surface area contributed by atoms with Crippen LogP contribution in [-0.4, -0.2) is 0 Å². The Kier molecular flexibility index (Phi) is 4.38. The Morgan fingerprint density at radius 1 is 0.762 bits per heavy atom. The van der Waals surface area contributed by atoms with Crippen LogP contribution in [-0.2, 0) is 0 Å². The molecule has 0 radical (unpaired) electrons. The van der Waals surface area contributed by atoms with Gasteiger partial charge >= 0.3 is 0 Å². The van der Waals surface area contributed by atoms with E-state index < -0.39 is 0 Å². The molecule has 0 aromatic heterocycles. The van der Waals surface area contributed by atoms with Crippen molar-refractivity contribution in [2.24, 2.45) is 0 Å². The van der Waals surface area contributed by atoms with Crippen molar-refractivity contribution < 1.29 is 0 Å². The SMILES string of the molecule is Cc1ccc(C(=C=C2CCCCC2)c2ccccc2)cc1. The molecule has 0 nitrogen and oxygen atoms in total. The monoisotopic (exact) mass is 274 g/mol. The molecule has 0 saturated heterocycles. The smallest absolute Gasteiger partial charge is 0.0309 e. The molecule has 0 heterocycles. The quantitative estimate of drug-likeness (QED) is 0.597. The minimum absolute atomic E-state index is 1.21. The zero-order valence-electron chi connectivity index (χ0n) is 12.7. The molecular formula is C21H22. The zero-order chi connectivity index (χ0) is 14.5. The van der Waals surface area contributed by atoms with Gasteiger partial charge in [0.15, 0.2) is 0 Å². The fraction of sp³-hybridized carbons (Fsp3) is 0.286. The molecule has 0 bridgehead atoms. The molecular weight excluding hydrogens is 252 g/mol. The van der Waals surface area contributed by atoms with E-state index in [-0.39, 0.29) is 0 Å². The third kappa shape index (κ3) is 3.54. The lowest BCUT2D eigenvalue weighted by atomic mass is 9.92. The standard InChI is InChI=1S/C21H22/c1-17-12-14-20(15-13-17)21(19-10-6-3-7-11-19)16-18-8-4-2-5-9-18/h3,6-7,10-15H,2,4-5,8-9H2,1H3. The van der Waals surface area contributed by atoms with E-state index in [4.69, 9.17) is 0 Å². The van der Waals surface area contributed by atoms with Crippen LogP contribution >= 0.6 is 0 Å². The average Bonchev–Trinajstić information content (AvgIpc) is 2.55. The summed E-state index contributed by atoms with van der Waals surface area (Å²) in [6.07, 6.45) is 6.43. The van der Waals surface area contributed by atoms with Gasteiger partial charge in [-0.05, 0) is 49.3 Å². The van der Waals surface area contributed by atoms with E-state index in [2.05, 4.69) is 67.3 Å². The molecule has 2 aromatic rings. The summed E-state index contributed by atoms with van der Waals surface area (Å²) in [4.78, 5) is 0. The Morgan fingerprint density at radius 3 is 2.05 bits per heavy atom. The van der Waals surface area contributed by atoms with Gasteiger partial charge in [-0.1, -0.05) is 66.6 Å². The third-order valence-corrected chi connectivity index (χ3v) is 4.16. The molecule has 106 valence electrons. The van der Waals surface area contributed by atoms with E-state index in [0.717, 1.165) is 0 Å². The first-order chi connectivity index (χ1) is 10.3. The van der Waals surface area contributed by atoms with E-state index in [9.17, 15) is 0 Å². The number of hydrogen-bond acceptors (Lipinski definition) is 0. The van der Waals surface area contributed by atoms with Gasteiger partial charge in [0.1, 0.15) is 0 Å². The molecule has 0 amide bonds. The fourth-order valence-corrected chi connectivity index (χ4v) is 2.92. The van der Waals surface area contributed by atoms with Crippen LogP contribution in [0.4, 0.5) is 0 Å². The number of benzene rings is 2. The van der Waals surface area contributed by atoms with Crippen LogP contribution in [0.1, 0.15) is 48.8 Å². The minimum atomic E-state index is 1.21. The van der Waals surface area contributed by atoms with E-state index in [1.807, 2.05) is 0 Å². The van der Waals surface area contributed by atoms with E-state index in [1.165, 1.54) is 59.9 Å². The van der Waals surface area contributed by atoms with Crippen LogP contribution in [0.3, 0.4) is 0 Å². The predicted molar refractivity (Wildman–Crippen MR) is 90.2 cm³/mol. The molecule has 21 heavy (non-hydrogen) atoms. The molecule has 1 saturated carbocycles. The van der Waals surface area contributed by atoms with Crippen LogP contribution in [0.2, 0.25) is 0 Å². The third-order valence-electron chi connectivity index (χ3n) is 4.16. The van der Waals surface area contributed by atoms with Crippen molar-refractivity contribution in [1.29, 1.82) is 0 Å². The maximum Gasteiger partial charge on any atom is 0.0309 e. The summed E-state index contributed by atoms with van der Waals surface area (Å²) >= 11 is 0. The largest absolute Gasteiger partial charge is 0.113 e. The van der Waals surface area contributed by atoms with Crippen LogP contribution in [0.25, 0.3) is 5.57 Å². The number of rotatable bonds is 2. The number of aryl methyl sites for hydroxylation is 1. The van der Waals surface area contributed by atoms with E-state index in [0.29, 0.717) is 0 Å². The maximum absolute atomic E-state index is 3.74. The fourth-order valence-electron chi connectivity index (χ4n) is 2.92. The normalized spacial score (nSPS) is 14.6. The van der Waals surface area contributed by atoms with E-state index >= 15 is 0 Å². The Labute approximate surface area is 127 Å². The summed E-state index contributed by atoms with van der Waals surface area (Å²) in [7, 11) is 0. The van der Waals surface area contributed by atoms with Gasteiger partial charge in [-0.2, -0.15) is 0 Å². The molecule has 2 aromatic carbocycles. The Bertz CT molecular complexity index is 645. The summed E-state index contributed by atoms with van der Waals surface area (Å²) in [5.74, 6) is 0. The van der Waals surface area contributed by atoms with Gasteiger partial charge in [0.25, 0.3) is 0 Å². The second kappa shape index (κ2) is 6.61. The molecule has 0 unspecified atom stereocenters. The Morgan fingerprint density at radius 2 is 1.38 bits per heavy atom. The highest BCUT2D eigenvalue weighted by Crippen LogP contribution is 2.27.